The molecule has 0 aliphatic rings. The maximum atomic E-state index is 11.9. The third-order valence-corrected chi connectivity index (χ3v) is 3.57. The van der Waals surface area contributed by atoms with E-state index in [-0.39, 0.29) is 31.6 Å². The van der Waals surface area contributed by atoms with Crippen LogP contribution in [0.25, 0.3) is 10.9 Å². The largest absolute Gasteiger partial charge is 0.462 e. The molecule has 0 fully saturated rings. The lowest BCUT2D eigenvalue weighted by Gasteiger charge is -2.08. The molecule has 0 atom stereocenters. The van der Waals surface area contributed by atoms with Crippen LogP contribution in [0.15, 0.2) is 61.1 Å². The number of benzene rings is 1. The minimum absolute atomic E-state index is 0.134. The van der Waals surface area contributed by atoms with Gasteiger partial charge < -0.3 is 14.6 Å². The molecule has 0 unspecified atom stereocenters. The summed E-state index contributed by atoms with van der Waals surface area (Å²) < 4.78 is 7.00. The van der Waals surface area contributed by atoms with Crippen LogP contribution < -0.4 is 5.32 Å². The van der Waals surface area contributed by atoms with Gasteiger partial charge in [0, 0.05) is 29.7 Å². The Morgan fingerprint density at radius 1 is 1.08 bits per heavy atom. The molecular formula is C18H17N3O3. The number of aromatic nitrogens is 2. The summed E-state index contributed by atoms with van der Waals surface area (Å²) in [5.41, 5.74) is 1.51. The molecule has 1 N–H and O–H groups in total. The van der Waals surface area contributed by atoms with Crippen LogP contribution >= 0.6 is 0 Å². The van der Waals surface area contributed by atoms with E-state index >= 15 is 0 Å². The first-order valence-corrected chi connectivity index (χ1v) is 7.62. The molecule has 0 bridgehead atoms. The predicted molar refractivity (Wildman–Crippen MR) is 89.5 cm³/mol. The number of fused-ring (bicyclic) bond motifs is 1. The van der Waals surface area contributed by atoms with E-state index < -0.39 is 0 Å². The Morgan fingerprint density at radius 2 is 1.88 bits per heavy atom. The van der Waals surface area contributed by atoms with E-state index in [1.807, 2.05) is 41.1 Å². The predicted octanol–water partition coefficient (Wildman–Crippen LogP) is 2.01. The molecule has 0 aliphatic carbocycles. The van der Waals surface area contributed by atoms with E-state index in [4.69, 9.17) is 4.74 Å². The fourth-order valence-electron chi connectivity index (χ4n) is 2.40. The van der Waals surface area contributed by atoms with Crippen molar-refractivity contribution in [1.82, 2.24) is 14.9 Å². The van der Waals surface area contributed by atoms with Gasteiger partial charge in [-0.05, 0) is 29.7 Å². The van der Waals surface area contributed by atoms with Crippen molar-refractivity contribution in [2.75, 3.05) is 13.2 Å². The minimum Gasteiger partial charge on any atom is -0.462 e. The van der Waals surface area contributed by atoms with E-state index in [0.717, 1.165) is 10.9 Å². The van der Waals surface area contributed by atoms with Crippen molar-refractivity contribution in [3.63, 3.8) is 0 Å². The molecule has 3 aromatic rings. The number of nitrogens with one attached hydrogen (secondary N) is 1. The van der Waals surface area contributed by atoms with E-state index in [9.17, 15) is 9.59 Å². The Balaban J connectivity index is 1.44. The van der Waals surface area contributed by atoms with Crippen molar-refractivity contribution < 1.29 is 14.3 Å². The second kappa shape index (κ2) is 7.41. The van der Waals surface area contributed by atoms with Crippen molar-refractivity contribution in [2.24, 2.45) is 0 Å². The third-order valence-electron chi connectivity index (χ3n) is 3.57. The molecule has 2 heterocycles. The van der Waals surface area contributed by atoms with Crippen LogP contribution in [0.3, 0.4) is 0 Å². The summed E-state index contributed by atoms with van der Waals surface area (Å²) in [5, 5.41) is 3.77. The monoisotopic (exact) mass is 323 g/mol. The topological polar surface area (TPSA) is 73.2 Å². The Morgan fingerprint density at radius 3 is 2.71 bits per heavy atom. The summed E-state index contributed by atoms with van der Waals surface area (Å²) in [6.07, 6.45) is 4.96. The fourth-order valence-corrected chi connectivity index (χ4v) is 2.40. The number of hydrogen-bond donors (Lipinski definition) is 1. The quantitative estimate of drug-likeness (QED) is 0.556. The van der Waals surface area contributed by atoms with E-state index in [2.05, 4.69) is 10.3 Å². The van der Waals surface area contributed by atoms with Crippen molar-refractivity contribution in [3.8, 4) is 0 Å². The molecule has 6 nitrogen and oxygen atoms in total. The number of carbonyl (C=O) groups is 2. The van der Waals surface area contributed by atoms with Crippen molar-refractivity contribution >= 4 is 22.8 Å². The van der Waals surface area contributed by atoms with Gasteiger partial charge in [0.25, 0.3) is 5.91 Å². The molecule has 6 heteroatoms. The number of nitrogens with zero attached hydrogens (tertiary/aromatic N) is 2. The van der Waals surface area contributed by atoms with Gasteiger partial charge in [0.15, 0.2) is 0 Å². The molecule has 122 valence electrons. The van der Waals surface area contributed by atoms with Crippen LogP contribution in [-0.2, 0) is 16.1 Å². The number of amides is 1. The number of esters is 1. The van der Waals surface area contributed by atoms with Crippen molar-refractivity contribution in [2.45, 2.75) is 6.54 Å². The van der Waals surface area contributed by atoms with Gasteiger partial charge in [-0.25, -0.2) is 0 Å². The second-order valence-electron chi connectivity index (χ2n) is 5.21. The fraction of sp³-hybridized carbons (Fsp3) is 0.167. The Bertz CT molecular complexity index is 843. The highest BCUT2D eigenvalue weighted by Crippen LogP contribution is 2.14. The first-order chi connectivity index (χ1) is 11.7. The van der Waals surface area contributed by atoms with Gasteiger partial charge in [0.05, 0.1) is 6.54 Å². The Labute approximate surface area is 139 Å². The molecule has 3 rings (SSSR count). The standard InChI is InChI=1S/C18H17N3O3/c22-17(13-21-11-7-14-3-1-2-4-16(14)21)24-12-10-20-18(23)15-5-8-19-9-6-15/h1-9,11H,10,12-13H2,(H,20,23). The lowest BCUT2D eigenvalue weighted by atomic mass is 10.2. The number of ether oxygens (including phenoxy) is 1. The molecule has 0 saturated carbocycles. The van der Waals surface area contributed by atoms with Gasteiger partial charge in [-0.15, -0.1) is 0 Å². The Kier molecular flexibility index (Phi) is 4.86. The average Bonchev–Trinajstić information content (AvgIpc) is 3.02. The molecule has 2 aromatic heterocycles. The lowest BCUT2D eigenvalue weighted by Crippen LogP contribution is -2.28. The molecule has 1 aromatic carbocycles. The number of pyridine rings is 1. The molecular weight excluding hydrogens is 306 g/mol. The summed E-state index contributed by atoms with van der Waals surface area (Å²) in [6, 6.07) is 13.0. The van der Waals surface area contributed by atoms with E-state index in [1.165, 1.54) is 0 Å². The van der Waals surface area contributed by atoms with Gasteiger partial charge in [0.1, 0.15) is 13.2 Å². The average molecular weight is 323 g/mol. The molecule has 0 aliphatic heterocycles. The van der Waals surface area contributed by atoms with Crippen LogP contribution in [-0.4, -0.2) is 34.6 Å². The Hall–Kier alpha value is -3.15. The van der Waals surface area contributed by atoms with Gasteiger partial charge in [0.2, 0.25) is 0 Å². The summed E-state index contributed by atoms with van der Waals surface area (Å²) >= 11 is 0. The minimum atomic E-state index is -0.338. The zero-order valence-corrected chi connectivity index (χ0v) is 13.0. The summed E-state index contributed by atoms with van der Waals surface area (Å²) in [7, 11) is 0. The summed E-state index contributed by atoms with van der Waals surface area (Å²) in [4.78, 5) is 27.6. The number of carbonyl (C=O) groups excluding carboxylic acids is 2. The van der Waals surface area contributed by atoms with E-state index in [1.54, 1.807) is 24.5 Å². The molecule has 24 heavy (non-hydrogen) atoms. The first-order valence-electron chi connectivity index (χ1n) is 7.62. The first kappa shape index (κ1) is 15.7. The SMILES string of the molecule is O=C(Cn1ccc2ccccc21)OCCNC(=O)c1ccncc1. The van der Waals surface area contributed by atoms with Crippen LogP contribution in [0.1, 0.15) is 10.4 Å². The van der Waals surface area contributed by atoms with Gasteiger partial charge in [-0.1, -0.05) is 18.2 Å². The highest BCUT2D eigenvalue weighted by Gasteiger charge is 2.08. The number of hydrogen-bond acceptors (Lipinski definition) is 4. The normalized spacial score (nSPS) is 10.5. The maximum absolute atomic E-state index is 11.9. The smallest absolute Gasteiger partial charge is 0.326 e. The summed E-state index contributed by atoms with van der Waals surface area (Å²) in [6.45, 7) is 0.542. The van der Waals surface area contributed by atoms with Crippen LogP contribution in [0.4, 0.5) is 0 Å². The zero-order valence-electron chi connectivity index (χ0n) is 13.0. The second-order valence-corrected chi connectivity index (χ2v) is 5.21. The molecule has 0 saturated heterocycles. The highest BCUT2D eigenvalue weighted by atomic mass is 16.5. The summed E-state index contributed by atoms with van der Waals surface area (Å²) in [5.74, 6) is -0.556. The number of para-hydroxylation sites is 1. The molecule has 0 radical (unpaired) electrons. The lowest BCUT2D eigenvalue weighted by molar-refractivity contribution is -0.144. The van der Waals surface area contributed by atoms with Crippen molar-refractivity contribution in [1.29, 1.82) is 0 Å². The highest BCUT2D eigenvalue weighted by molar-refractivity contribution is 5.93. The van der Waals surface area contributed by atoms with E-state index in [0.29, 0.717) is 5.56 Å². The van der Waals surface area contributed by atoms with Crippen LogP contribution in [0.5, 0.6) is 0 Å². The van der Waals surface area contributed by atoms with Gasteiger partial charge in [-0.2, -0.15) is 0 Å². The molecule has 1 amide bonds. The maximum Gasteiger partial charge on any atom is 0.326 e. The van der Waals surface area contributed by atoms with Crippen LogP contribution in [0.2, 0.25) is 0 Å². The zero-order chi connectivity index (χ0) is 16.8. The van der Waals surface area contributed by atoms with Gasteiger partial charge >= 0.3 is 5.97 Å². The molecule has 0 spiro atoms. The van der Waals surface area contributed by atoms with Crippen LogP contribution in [0, 0.1) is 0 Å². The number of rotatable bonds is 6. The van der Waals surface area contributed by atoms with Crippen molar-refractivity contribution in [3.05, 3.63) is 66.6 Å². The van der Waals surface area contributed by atoms with Gasteiger partial charge in [-0.3, -0.25) is 14.6 Å². The third kappa shape index (κ3) is 3.78.